The summed E-state index contributed by atoms with van der Waals surface area (Å²) >= 11 is 0. The Morgan fingerprint density at radius 3 is 1.19 bits per heavy atom. The van der Waals surface area contributed by atoms with Gasteiger partial charge in [-0.05, 0) is 76.7 Å². The first-order valence-electron chi connectivity index (χ1n) is 34.2. The summed E-state index contributed by atoms with van der Waals surface area (Å²) in [6.45, 7) is 6.76. The first-order chi connectivity index (χ1) is 39.4. The van der Waals surface area contributed by atoms with Gasteiger partial charge in [0.15, 0.2) is 0 Å². The number of nitrogens with one attached hydrogen (secondary N) is 1. The second-order valence-electron chi connectivity index (χ2n) is 24.3. The Morgan fingerprint density at radius 2 is 0.790 bits per heavy atom. The van der Waals surface area contributed by atoms with E-state index in [4.69, 9.17) is 13.8 Å². The number of esters is 1. The third kappa shape index (κ3) is 61.8. The second-order valence-corrected chi connectivity index (χ2v) is 25.7. The van der Waals surface area contributed by atoms with Gasteiger partial charge in [0, 0.05) is 12.8 Å². The summed E-state index contributed by atoms with van der Waals surface area (Å²) < 4.78 is 30.4. The molecule has 0 spiro atoms. The Balaban J connectivity index is 5.08. The van der Waals surface area contributed by atoms with Crippen molar-refractivity contribution in [1.29, 1.82) is 0 Å². The lowest BCUT2D eigenvalue weighted by atomic mass is 10.0. The monoisotopic (exact) mass is 1150 g/mol. The Bertz CT molecular complexity index is 1620. The number of carbonyl (C=O) groups is 2. The Kier molecular flexibility index (Phi) is 58.7. The molecule has 0 bridgehead atoms. The first kappa shape index (κ1) is 78.5. The van der Waals surface area contributed by atoms with Gasteiger partial charge in [-0.15, -0.1) is 0 Å². The quantitative estimate of drug-likeness (QED) is 0.0212. The average molecular weight is 1160 g/mol. The van der Waals surface area contributed by atoms with E-state index in [2.05, 4.69) is 86.8 Å². The molecule has 0 aliphatic heterocycles. The molecule has 0 aliphatic rings. The Morgan fingerprint density at radius 1 is 0.444 bits per heavy atom. The summed E-state index contributed by atoms with van der Waals surface area (Å²) in [4.78, 5) is 40.1. The van der Waals surface area contributed by atoms with Crippen molar-refractivity contribution >= 4 is 19.7 Å². The maximum Gasteiger partial charge on any atom is 0.306 e. The molecule has 0 aromatic carbocycles. The minimum absolute atomic E-state index is 0.0226. The average Bonchev–Trinajstić information content (AvgIpc) is 3.44. The van der Waals surface area contributed by atoms with Crippen LogP contribution in [-0.2, 0) is 27.9 Å². The predicted octanol–water partition coefficient (Wildman–Crippen LogP) is 20.9. The normalized spacial score (nSPS) is 14.0. The molecule has 0 saturated heterocycles. The van der Waals surface area contributed by atoms with Gasteiger partial charge < -0.3 is 28.5 Å². The van der Waals surface area contributed by atoms with Crippen LogP contribution in [0.4, 0.5) is 0 Å². The van der Waals surface area contributed by atoms with E-state index in [0.717, 1.165) is 89.9 Å². The van der Waals surface area contributed by atoms with Crippen molar-refractivity contribution in [3.63, 3.8) is 0 Å². The van der Waals surface area contributed by atoms with Crippen molar-refractivity contribution in [1.82, 2.24) is 5.32 Å². The van der Waals surface area contributed by atoms with Gasteiger partial charge >= 0.3 is 5.97 Å². The number of phosphoric acid groups is 1. The number of ether oxygens (including phenoxy) is 1. The zero-order valence-electron chi connectivity index (χ0n) is 54.0. The van der Waals surface area contributed by atoms with E-state index in [1.807, 2.05) is 33.3 Å². The number of hydrogen-bond donors (Lipinski definition) is 1. The molecule has 0 aliphatic carbocycles. The van der Waals surface area contributed by atoms with Crippen molar-refractivity contribution in [2.45, 2.75) is 328 Å². The lowest BCUT2D eigenvalue weighted by Gasteiger charge is -2.30. The van der Waals surface area contributed by atoms with Crippen molar-refractivity contribution < 1.29 is 37.3 Å². The summed E-state index contributed by atoms with van der Waals surface area (Å²) in [6.07, 6.45) is 78.7. The van der Waals surface area contributed by atoms with Crippen LogP contribution in [0.15, 0.2) is 72.9 Å². The highest BCUT2D eigenvalue weighted by molar-refractivity contribution is 7.45. The summed E-state index contributed by atoms with van der Waals surface area (Å²) in [5, 5.41) is 3.04. The van der Waals surface area contributed by atoms with Gasteiger partial charge in [-0.3, -0.25) is 14.2 Å². The van der Waals surface area contributed by atoms with Crippen LogP contribution < -0.4 is 10.2 Å². The Labute approximate surface area is 502 Å². The molecule has 81 heavy (non-hydrogen) atoms. The molecule has 9 nitrogen and oxygen atoms in total. The highest BCUT2D eigenvalue weighted by Crippen LogP contribution is 2.38. The van der Waals surface area contributed by atoms with Crippen LogP contribution in [0.3, 0.4) is 0 Å². The van der Waals surface area contributed by atoms with E-state index in [1.54, 1.807) is 0 Å². The number of quaternary nitrogens is 1. The maximum absolute atomic E-state index is 13.6. The van der Waals surface area contributed by atoms with Crippen molar-refractivity contribution in [3.8, 4) is 0 Å². The molecule has 1 N–H and O–H groups in total. The highest BCUT2D eigenvalue weighted by Gasteiger charge is 2.27. The van der Waals surface area contributed by atoms with E-state index >= 15 is 0 Å². The maximum atomic E-state index is 13.6. The van der Waals surface area contributed by atoms with E-state index in [0.29, 0.717) is 17.4 Å². The Hall–Kier alpha value is -2.55. The standard InChI is InChI=1S/C71H131N2O7P/c1-7-10-13-16-19-22-25-28-30-31-32-33-34-35-36-37-38-39-40-41-43-46-49-52-55-58-61-64-71(75)80-69(62-59-56-53-50-47-44-27-24-21-18-15-12-9-3)68(67-79-81(76,77)78-66-65-73(4,5)6)72-70(74)63-60-57-54-51-48-45-42-29-26-23-20-17-14-11-8-2/h10,13,19,22,28,30,32-33,35-36,59,62,68-69H,7-9,11-12,14-18,20-21,23-27,29,31,34,37-58,60-61,63-67H2,1-6H3,(H-,72,74,76,77)/b13-10-,22-19-,30-28-,33-32-,36-35-,62-59-. The van der Waals surface area contributed by atoms with Gasteiger partial charge in [-0.1, -0.05) is 299 Å². The molecule has 472 valence electrons. The molecule has 3 atom stereocenters. The van der Waals surface area contributed by atoms with Gasteiger partial charge in [0.05, 0.1) is 33.8 Å². The predicted molar refractivity (Wildman–Crippen MR) is 348 cm³/mol. The van der Waals surface area contributed by atoms with E-state index in [1.165, 1.54) is 193 Å². The molecule has 0 saturated carbocycles. The molecule has 0 radical (unpaired) electrons. The van der Waals surface area contributed by atoms with E-state index in [9.17, 15) is 19.0 Å². The number of rotatable bonds is 62. The van der Waals surface area contributed by atoms with Crippen LogP contribution in [0.1, 0.15) is 316 Å². The summed E-state index contributed by atoms with van der Waals surface area (Å²) in [6, 6.07) is -0.889. The largest absolute Gasteiger partial charge is 0.756 e. The minimum Gasteiger partial charge on any atom is -0.756 e. The number of nitrogens with zero attached hydrogens (tertiary/aromatic N) is 1. The molecular weight excluding hydrogens is 1020 g/mol. The smallest absolute Gasteiger partial charge is 0.306 e. The zero-order valence-corrected chi connectivity index (χ0v) is 54.9. The number of carbonyl (C=O) groups excluding carboxylic acids is 2. The third-order valence-electron chi connectivity index (χ3n) is 15.2. The lowest BCUT2D eigenvalue weighted by Crippen LogP contribution is -2.47. The fourth-order valence-corrected chi connectivity index (χ4v) is 10.6. The van der Waals surface area contributed by atoms with Crippen LogP contribution in [0.25, 0.3) is 0 Å². The van der Waals surface area contributed by atoms with Gasteiger partial charge in [-0.25, -0.2) is 0 Å². The van der Waals surface area contributed by atoms with Crippen molar-refractivity contribution in [3.05, 3.63) is 72.9 Å². The number of allylic oxidation sites excluding steroid dienone is 11. The summed E-state index contributed by atoms with van der Waals surface area (Å²) in [5.74, 6) is -0.533. The molecule has 0 heterocycles. The molecule has 0 aromatic rings. The number of amides is 1. The molecule has 1 amide bonds. The topological polar surface area (TPSA) is 114 Å². The minimum atomic E-state index is -4.70. The number of likely N-dealkylation sites (N-methyl/N-ethyl adjacent to an activating group) is 1. The van der Waals surface area contributed by atoms with Gasteiger partial charge in [0.2, 0.25) is 5.91 Å². The summed E-state index contributed by atoms with van der Waals surface area (Å²) in [5.41, 5.74) is 0. The van der Waals surface area contributed by atoms with Crippen molar-refractivity contribution in [2.24, 2.45) is 0 Å². The SMILES string of the molecule is CC/C=C\C/C=C\C/C=C\C/C=C\C/C=C\CCCCCCCCCCCCCC(=O)OC(/C=C\CCCCCCCCCCCCC)C(COP(=O)([O-])OCC[N+](C)(C)C)NC(=O)CCCCCCCCCCCCCCCCC. The highest BCUT2D eigenvalue weighted by atomic mass is 31.2. The third-order valence-corrected chi connectivity index (χ3v) is 16.1. The van der Waals surface area contributed by atoms with Crippen LogP contribution >= 0.6 is 7.82 Å². The van der Waals surface area contributed by atoms with Crippen LogP contribution in [0.5, 0.6) is 0 Å². The fraction of sp³-hybridized carbons (Fsp3) is 0.803. The molecule has 3 unspecified atom stereocenters. The van der Waals surface area contributed by atoms with E-state index in [-0.39, 0.29) is 31.5 Å². The fourth-order valence-electron chi connectivity index (χ4n) is 9.90. The van der Waals surface area contributed by atoms with Crippen LogP contribution in [0, 0.1) is 0 Å². The molecule has 0 fully saturated rings. The van der Waals surface area contributed by atoms with Gasteiger partial charge in [-0.2, -0.15) is 0 Å². The number of hydrogen-bond acceptors (Lipinski definition) is 7. The van der Waals surface area contributed by atoms with Gasteiger partial charge in [0.25, 0.3) is 7.82 Å². The number of unbranched alkanes of at least 4 members (excludes halogenated alkanes) is 36. The van der Waals surface area contributed by atoms with Crippen molar-refractivity contribution in [2.75, 3.05) is 40.9 Å². The molecule has 10 heteroatoms. The van der Waals surface area contributed by atoms with Crippen LogP contribution in [-0.4, -0.2) is 69.4 Å². The van der Waals surface area contributed by atoms with Gasteiger partial charge in [0.1, 0.15) is 19.3 Å². The zero-order chi connectivity index (χ0) is 59.3. The summed E-state index contributed by atoms with van der Waals surface area (Å²) in [7, 11) is 1.19. The molecular formula is C71H131N2O7P. The second kappa shape index (κ2) is 60.6. The lowest BCUT2D eigenvalue weighted by molar-refractivity contribution is -0.870. The first-order valence-corrected chi connectivity index (χ1v) is 35.7. The molecule has 0 rings (SSSR count). The molecule has 0 aromatic heterocycles. The van der Waals surface area contributed by atoms with E-state index < -0.39 is 20.0 Å². The number of phosphoric ester groups is 1. The van der Waals surface area contributed by atoms with Crippen LogP contribution in [0.2, 0.25) is 0 Å².